The normalized spacial score (nSPS) is 11.3. The number of para-hydroxylation sites is 2. The van der Waals surface area contributed by atoms with Gasteiger partial charge in [0, 0.05) is 18.3 Å². The molecule has 4 aromatic rings. The number of anilines is 2. The van der Waals surface area contributed by atoms with Crippen LogP contribution in [0.4, 0.5) is 11.4 Å². The summed E-state index contributed by atoms with van der Waals surface area (Å²) in [6, 6.07) is 21.9. The van der Waals surface area contributed by atoms with Gasteiger partial charge in [-0.3, -0.25) is 19.0 Å². The van der Waals surface area contributed by atoms with Crippen LogP contribution in [0.2, 0.25) is 0 Å². The van der Waals surface area contributed by atoms with E-state index < -0.39 is 15.6 Å². The fraction of sp³-hybridized carbons (Fsp3) is 0.120. The first-order chi connectivity index (χ1) is 16.2. The summed E-state index contributed by atoms with van der Waals surface area (Å²) in [6.07, 6.45) is 0. The summed E-state index contributed by atoms with van der Waals surface area (Å²) in [7, 11) is -2.38. The minimum Gasteiger partial charge on any atom is -0.322 e. The maximum absolute atomic E-state index is 13.0. The highest BCUT2D eigenvalue weighted by Gasteiger charge is 2.22. The van der Waals surface area contributed by atoms with Crippen LogP contribution in [0.25, 0.3) is 5.69 Å². The van der Waals surface area contributed by atoms with Gasteiger partial charge in [0.15, 0.2) is 0 Å². The van der Waals surface area contributed by atoms with Crippen molar-refractivity contribution < 1.29 is 13.2 Å². The highest BCUT2D eigenvalue weighted by molar-refractivity contribution is 7.92. The number of amides is 1. The fourth-order valence-electron chi connectivity index (χ4n) is 3.57. The lowest BCUT2D eigenvalue weighted by Gasteiger charge is -2.10. The summed E-state index contributed by atoms with van der Waals surface area (Å²) in [6.45, 7) is 3.55. The Morgan fingerprint density at radius 3 is 2.12 bits per heavy atom. The van der Waals surface area contributed by atoms with Gasteiger partial charge < -0.3 is 5.32 Å². The lowest BCUT2D eigenvalue weighted by molar-refractivity contribution is 0.102. The van der Waals surface area contributed by atoms with E-state index in [1.807, 2.05) is 31.2 Å². The van der Waals surface area contributed by atoms with Gasteiger partial charge in [0.25, 0.3) is 21.5 Å². The molecular weight excluding hydrogens is 452 g/mol. The second-order valence-electron chi connectivity index (χ2n) is 7.84. The number of nitrogens with one attached hydrogen (secondary N) is 2. The van der Waals surface area contributed by atoms with E-state index in [1.54, 1.807) is 49.0 Å². The molecule has 0 aliphatic rings. The second-order valence-corrected chi connectivity index (χ2v) is 9.52. The predicted octanol–water partition coefficient (Wildman–Crippen LogP) is 3.85. The maximum atomic E-state index is 13.0. The Kier molecular flexibility index (Phi) is 6.12. The van der Waals surface area contributed by atoms with Crippen molar-refractivity contribution in [2.45, 2.75) is 18.7 Å². The summed E-state index contributed by atoms with van der Waals surface area (Å²) in [4.78, 5) is 25.5. The molecule has 0 bridgehead atoms. The first kappa shape index (κ1) is 23.1. The van der Waals surface area contributed by atoms with Crippen molar-refractivity contribution in [1.82, 2.24) is 9.36 Å². The number of rotatable bonds is 6. The number of hydrogen-bond donors (Lipinski definition) is 2. The van der Waals surface area contributed by atoms with Gasteiger partial charge in [0.2, 0.25) is 0 Å². The standard InChI is InChI=1S/C25H24N4O4S/c1-17-9-7-8-12-22(17)26-24(30)19-13-15-21(16-14-19)34(32,33)27-23-18(2)28(3)29(25(23)31)20-10-5-4-6-11-20/h4-16,27H,1-3H3,(H,26,30). The molecule has 0 saturated carbocycles. The predicted molar refractivity (Wildman–Crippen MR) is 132 cm³/mol. The van der Waals surface area contributed by atoms with Crippen LogP contribution in [-0.2, 0) is 17.1 Å². The van der Waals surface area contributed by atoms with Gasteiger partial charge in [-0.25, -0.2) is 13.1 Å². The molecule has 0 fully saturated rings. The van der Waals surface area contributed by atoms with Gasteiger partial charge in [-0.2, -0.15) is 0 Å². The van der Waals surface area contributed by atoms with Crippen LogP contribution < -0.4 is 15.6 Å². The maximum Gasteiger partial charge on any atom is 0.296 e. The van der Waals surface area contributed by atoms with Gasteiger partial charge in [-0.1, -0.05) is 36.4 Å². The van der Waals surface area contributed by atoms with Gasteiger partial charge in [-0.15, -0.1) is 0 Å². The first-order valence-electron chi connectivity index (χ1n) is 10.5. The SMILES string of the molecule is Cc1ccccc1NC(=O)c1ccc(S(=O)(=O)Nc2c(C)n(C)n(-c3ccccc3)c2=O)cc1. The van der Waals surface area contributed by atoms with Gasteiger partial charge in [0.05, 0.1) is 16.3 Å². The Morgan fingerprint density at radius 1 is 0.853 bits per heavy atom. The average molecular weight is 477 g/mol. The number of aryl methyl sites for hydroxylation is 1. The summed E-state index contributed by atoms with van der Waals surface area (Å²) in [5, 5.41) is 2.81. The lowest BCUT2D eigenvalue weighted by atomic mass is 10.1. The highest BCUT2D eigenvalue weighted by Crippen LogP contribution is 2.20. The quantitative estimate of drug-likeness (QED) is 0.441. The average Bonchev–Trinajstić information content (AvgIpc) is 3.04. The Hall–Kier alpha value is -4.11. The molecule has 9 heteroatoms. The van der Waals surface area contributed by atoms with E-state index in [-0.39, 0.29) is 16.5 Å². The van der Waals surface area contributed by atoms with Crippen LogP contribution in [0.3, 0.4) is 0 Å². The number of hydrogen-bond acceptors (Lipinski definition) is 4. The van der Waals surface area contributed by atoms with E-state index in [9.17, 15) is 18.0 Å². The Morgan fingerprint density at radius 2 is 1.47 bits per heavy atom. The van der Waals surface area contributed by atoms with E-state index in [2.05, 4.69) is 10.0 Å². The van der Waals surface area contributed by atoms with Crippen molar-refractivity contribution in [3.63, 3.8) is 0 Å². The smallest absolute Gasteiger partial charge is 0.296 e. The molecule has 0 atom stereocenters. The number of benzene rings is 3. The minimum absolute atomic E-state index is 0.0345. The highest BCUT2D eigenvalue weighted by atomic mass is 32.2. The number of carbonyl (C=O) groups is 1. The van der Waals surface area contributed by atoms with Gasteiger partial charge in [-0.05, 0) is 61.9 Å². The van der Waals surface area contributed by atoms with E-state index in [1.165, 1.54) is 28.9 Å². The third kappa shape index (κ3) is 4.38. The van der Waals surface area contributed by atoms with Crippen LogP contribution >= 0.6 is 0 Å². The first-order valence-corrected chi connectivity index (χ1v) is 12.0. The molecule has 0 aliphatic carbocycles. The molecule has 3 aromatic carbocycles. The molecule has 0 radical (unpaired) electrons. The second kappa shape index (κ2) is 9.03. The van der Waals surface area contributed by atoms with Crippen LogP contribution in [0, 0.1) is 13.8 Å². The third-order valence-electron chi connectivity index (χ3n) is 5.61. The monoisotopic (exact) mass is 476 g/mol. The van der Waals surface area contributed by atoms with Gasteiger partial charge >= 0.3 is 0 Å². The van der Waals surface area contributed by atoms with Crippen LogP contribution in [0.5, 0.6) is 0 Å². The largest absolute Gasteiger partial charge is 0.322 e. The van der Waals surface area contributed by atoms with Crippen LogP contribution in [0.1, 0.15) is 21.6 Å². The van der Waals surface area contributed by atoms with Crippen molar-refractivity contribution in [1.29, 1.82) is 0 Å². The van der Waals surface area contributed by atoms with Crippen molar-refractivity contribution in [3.8, 4) is 5.69 Å². The molecule has 0 spiro atoms. The summed E-state index contributed by atoms with van der Waals surface area (Å²) in [5.74, 6) is -0.351. The molecule has 174 valence electrons. The van der Waals surface area contributed by atoms with Crippen molar-refractivity contribution >= 4 is 27.3 Å². The third-order valence-corrected chi connectivity index (χ3v) is 6.98. The molecule has 0 aliphatic heterocycles. The molecule has 0 unspecified atom stereocenters. The zero-order chi connectivity index (χ0) is 24.5. The van der Waals surface area contributed by atoms with Crippen LogP contribution in [-0.4, -0.2) is 23.7 Å². The molecule has 4 rings (SSSR count). The van der Waals surface area contributed by atoms with E-state index in [0.717, 1.165) is 5.56 Å². The Balaban J connectivity index is 1.58. The molecule has 1 amide bonds. The van der Waals surface area contributed by atoms with Crippen molar-refractivity contribution in [2.24, 2.45) is 7.05 Å². The number of carbonyl (C=O) groups excluding carboxylic acids is 1. The Labute approximate surface area is 197 Å². The van der Waals surface area contributed by atoms with Crippen molar-refractivity contribution in [2.75, 3.05) is 10.0 Å². The minimum atomic E-state index is -4.06. The lowest BCUT2D eigenvalue weighted by Crippen LogP contribution is -2.23. The fourth-order valence-corrected chi connectivity index (χ4v) is 4.69. The van der Waals surface area contributed by atoms with Gasteiger partial charge in [0.1, 0.15) is 5.69 Å². The van der Waals surface area contributed by atoms with Crippen molar-refractivity contribution in [3.05, 3.63) is 106 Å². The molecule has 2 N–H and O–H groups in total. The molecule has 34 heavy (non-hydrogen) atoms. The number of nitrogens with zero attached hydrogens (tertiary/aromatic N) is 2. The zero-order valence-corrected chi connectivity index (χ0v) is 19.8. The summed E-state index contributed by atoms with van der Waals surface area (Å²) in [5.41, 5.74) is 2.47. The number of aromatic nitrogens is 2. The van der Waals surface area contributed by atoms with E-state index in [4.69, 9.17) is 0 Å². The summed E-state index contributed by atoms with van der Waals surface area (Å²) >= 11 is 0. The molecule has 1 heterocycles. The zero-order valence-electron chi connectivity index (χ0n) is 18.9. The molecule has 1 aromatic heterocycles. The molecule has 8 nitrogen and oxygen atoms in total. The van der Waals surface area contributed by atoms with Crippen LogP contribution in [0.15, 0.2) is 88.6 Å². The Bertz CT molecular complexity index is 1520. The molecular formula is C25H24N4O4S. The topological polar surface area (TPSA) is 102 Å². The summed E-state index contributed by atoms with van der Waals surface area (Å²) < 4.78 is 31.4. The van der Waals surface area contributed by atoms with E-state index >= 15 is 0 Å². The number of sulfonamides is 1. The molecule has 0 saturated heterocycles. The van der Waals surface area contributed by atoms with E-state index in [0.29, 0.717) is 22.6 Å².